The maximum Gasteiger partial charge on any atom is 0.274 e. The number of hydrazine groups is 1. The van der Waals surface area contributed by atoms with Crippen LogP contribution in [-0.4, -0.2) is 20.7 Å². The van der Waals surface area contributed by atoms with E-state index in [0.29, 0.717) is 17.1 Å². The molecule has 100 valence electrons. The standard InChI is InChI=1S/C12H16N6O/c1-8(2)18-7-10(6-15-18)16-12(19)11-4-3-9(17-13)5-14-11/h3-8,17H,13H2,1-2H3,(H,16,19). The summed E-state index contributed by atoms with van der Waals surface area (Å²) in [6, 6.07) is 3.52. The van der Waals surface area contributed by atoms with E-state index >= 15 is 0 Å². The fraction of sp³-hybridized carbons (Fsp3) is 0.250. The van der Waals surface area contributed by atoms with Crippen molar-refractivity contribution in [3.05, 3.63) is 36.4 Å². The highest BCUT2D eigenvalue weighted by Gasteiger charge is 2.09. The van der Waals surface area contributed by atoms with Crippen molar-refractivity contribution < 1.29 is 4.79 Å². The lowest BCUT2D eigenvalue weighted by Crippen LogP contribution is -2.14. The van der Waals surface area contributed by atoms with Crippen molar-refractivity contribution in [2.45, 2.75) is 19.9 Å². The van der Waals surface area contributed by atoms with E-state index in [-0.39, 0.29) is 11.9 Å². The van der Waals surface area contributed by atoms with E-state index in [4.69, 9.17) is 5.84 Å². The van der Waals surface area contributed by atoms with Crippen LogP contribution in [0.1, 0.15) is 30.4 Å². The van der Waals surface area contributed by atoms with E-state index in [1.807, 2.05) is 13.8 Å². The van der Waals surface area contributed by atoms with Gasteiger partial charge in [0.15, 0.2) is 0 Å². The Hall–Kier alpha value is -2.41. The third kappa shape index (κ3) is 3.08. The summed E-state index contributed by atoms with van der Waals surface area (Å²) in [7, 11) is 0. The van der Waals surface area contributed by atoms with Gasteiger partial charge < -0.3 is 10.7 Å². The Morgan fingerprint density at radius 1 is 1.32 bits per heavy atom. The maximum absolute atomic E-state index is 11.9. The van der Waals surface area contributed by atoms with Crippen molar-refractivity contribution in [1.82, 2.24) is 14.8 Å². The number of nitrogens with zero attached hydrogens (tertiary/aromatic N) is 3. The van der Waals surface area contributed by atoms with Gasteiger partial charge in [-0.15, -0.1) is 0 Å². The lowest BCUT2D eigenvalue weighted by atomic mass is 10.3. The molecular weight excluding hydrogens is 244 g/mol. The summed E-state index contributed by atoms with van der Waals surface area (Å²) >= 11 is 0. The van der Waals surface area contributed by atoms with Gasteiger partial charge in [-0.05, 0) is 26.0 Å². The maximum atomic E-state index is 11.9. The van der Waals surface area contributed by atoms with Crippen LogP contribution in [-0.2, 0) is 0 Å². The minimum atomic E-state index is -0.285. The van der Waals surface area contributed by atoms with Crippen molar-refractivity contribution >= 4 is 17.3 Å². The quantitative estimate of drug-likeness (QED) is 0.570. The van der Waals surface area contributed by atoms with Gasteiger partial charge in [-0.3, -0.25) is 15.3 Å². The number of pyridine rings is 1. The van der Waals surface area contributed by atoms with Gasteiger partial charge in [0.05, 0.1) is 23.8 Å². The first-order chi connectivity index (χ1) is 9.10. The number of nitrogens with two attached hydrogens (primary N) is 1. The molecule has 0 atom stereocenters. The van der Waals surface area contributed by atoms with Crippen LogP contribution < -0.4 is 16.6 Å². The smallest absolute Gasteiger partial charge is 0.274 e. The van der Waals surface area contributed by atoms with E-state index in [0.717, 1.165) is 0 Å². The fourth-order valence-electron chi connectivity index (χ4n) is 1.49. The lowest BCUT2D eigenvalue weighted by molar-refractivity contribution is 0.102. The predicted molar refractivity (Wildman–Crippen MR) is 72.6 cm³/mol. The van der Waals surface area contributed by atoms with Gasteiger partial charge in [0.1, 0.15) is 5.69 Å². The molecule has 0 bridgehead atoms. The van der Waals surface area contributed by atoms with Gasteiger partial charge in [0.25, 0.3) is 5.91 Å². The highest BCUT2D eigenvalue weighted by Crippen LogP contribution is 2.11. The molecule has 0 aromatic carbocycles. The van der Waals surface area contributed by atoms with Crippen molar-refractivity contribution in [2.75, 3.05) is 10.7 Å². The van der Waals surface area contributed by atoms with E-state index < -0.39 is 0 Å². The minimum Gasteiger partial charge on any atom is -0.323 e. The van der Waals surface area contributed by atoms with Crippen LogP contribution in [0.25, 0.3) is 0 Å². The largest absolute Gasteiger partial charge is 0.323 e. The molecule has 0 aliphatic carbocycles. The molecule has 0 aliphatic rings. The number of carbonyl (C=O) groups excluding carboxylic acids is 1. The highest BCUT2D eigenvalue weighted by molar-refractivity contribution is 6.02. The molecule has 0 saturated heterocycles. The molecule has 2 rings (SSSR count). The van der Waals surface area contributed by atoms with Crippen LogP contribution in [0.2, 0.25) is 0 Å². The number of carbonyl (C=O) groups is 1. The molecule has 7 heteroatoms. The Balaban J connectivity index is 2.06. The van der Waals surface area contributed by atoms with Gasteiger partial charge in [-0.1, -0.05) is 0 Å². The van der Waals surface area contributed by atoms with Gasteiger partial charge in [-0.2, -0.15) is 5.10 Å². The molecule has 1 amide bonds. The topological polar surface area (TPSA) is 97.9 Å². The molecule has 4 N–H and O–H groups in total. The van der Waals surface area contributed by atoms with Crippen LogP contribution in [0.4, 0.5) is 11.4 Å². The summed E-state index contributed by atoms with van der Waals surface area (Å²) in [4.78, 5) is 15.9. The van der Waals surface area contributed by atoms with E-state index in [1.54, 1.807) is 29.2 Å². The average Bonchev–Trinajstić information content (AvgIpc) is 2.87. The first-order valence-corrected chi connectivity index (χ1v) is 5.88. The second-order valence-electron chi connectivity index (χ2n) is 4.33. The van der Waals surface area contributed by atoms with E-state index in [1.165, 1.54) is 6.20 Å². The monoisotopic (exact) mass is 260 g/mol. The first-order valence-electron chi connectivity index (χ1n) is 5.88. The molecule has 2 heterocycles. The third-order valence-electron chi connectivity index (χ3n) is 2.55. The second kappa shape index (κ2) is 5.49. The van der Waals surface area contributed by atoms with Gasteiger partial charge in [0.2, 0.25) is 0 Å². The molecule has 0 saturated carbocycles. The van der Waals surface area contributed by atoms with E-state index in [9.17, 15) is 4.79 Å². The van der Waals surface area contributed by atoms with E-state index in [2.05, 4.69) is 20.8 Å². The Kier molecular flexibility index (Phi) is 3.76. The Labute approximate surface area is 110 Å². The average molecular weight is 260 g/mol. The number of aromatic nitrogens is 3. The van der Waals surface area contributed by atoms with Crippen molar-refractivity contribution in [1.29, 1.82) is 0 Å². The number of hydrogen-bond acceptors (Lipinski definition) is 5. The van der Waals surface area contributed by atoms with Crippen molar-refractivity contribution in [3.8, 4) is 0 Å². The Morgan fingerprint density at radius 2 is 2.11 bits per heavy atom. The molecule has 7 nitrogen and oxygen atoms in total. The number of rotatable bonds is 4. The Bertz CT molecular complexity index is 560. The van der Waals surface area contributed by atoms with Crippen molar-refractivity contribution in [2.24, 2.45) is 5.84 Å². The predicted octanol–water partition coefficient (Wildman–Crippen LogP) is 1.40. The molecule has 0 spiro atoms. The van der Waals surface area contributed by atoms with Gasteiger partial charge >= 0.3 is 0 Å². The normalized spacial score (nSPS) is 10.5. The number of nitrogen functional groups attached to an aromatic ring is 1. The van der Waals surface area contributed by atoms with Crippen LogP contribution >= 0.6 is 0 Å². The zero-order valence-electron chi connectivity index (χ0n) is 10.8. The first kappa shape index (κ1) is 13.0. The van der Waals surface area contributed by atoms with Gasteiger partial charge in [0, 0.05) is 12.2 Å². The van der Waals surface area contributed by atoms with Crippen LogP contribution in [0.5, 0.6) is 0 Å². The molecule has 2 aromatic rings. The molecule has 0 radical (unpaired) electrons. The summed E-state index contributed by atoms with van der Waals surface area (Å²) in [5, 5.41) is 6.88. The zero-order chi connectivity index (χ0) is 13.8. The van der Waals surface area contributed by atoms with Crippen LogP contribution in [0.15, 0.2) is 30.7 Å². The number of nitrogens with one attached hydrogen (secondary N) is 2. The van der Waals surface area contributed by atoms with Crippen molar-refractivity contribution in [3.63, 3.8) is 0 Å². The number of hydrogen-bond donors (Lipinski definition) is 3. The molecule has 2 aromatic heterocycles. The fourth-order valence-corrected chi connectivity index (χ4v) is 1.49. The van der Waals surface area contributed by atoms with Crippen LogP contribution in [0, 0.1) is 0 Å². The van der Waals surface area contributed by atoms with Crippen LogP contribution in [0.3, 0.4) is 0 Å². The molecule has 0 unspecified atom stereocenters. The summed E-state index contributed by atoms with van der Waals surface area (Å²) in [6.45, 7) is 4.03. The summed E-state index contributed by atoms with van der Waals surface area (Å²) in [5.41, 5.74) is 4.05. The molecule has 0 aliphatic heterocycles. The molecular formula is C12H16N6O. The number of anilines is 2. The zero-order valence-corrected chi connectivity index (χ0v) is 10.8. The summed E-state index contributed by atoms with van der Waals surface area (Å²) < 4.78 is 1.77. The number of amides is 1. The molecule has 0 fully saturated rings. The van der Waals surface area contributed by atoms with Gasteiger partial charge in [-0.25, -0.2) is 4.98 Å². The lowest BCUT2D eigenvalue weighted by Gasteiger charge is -2.04. The third-order valence-corrected chi connectivity index (χ3v) is 2.55. The SMILES string of the molecule is CC(C)n1cc(NC(=O)c2ccc(NN)cn2)cn1. The highest BCUT2D eigenvalue weighted by atomic mass is 16.1. The minimum absolute atomic E-state index is 0.249. The Morgan fingerprint density at radius 3 is 2.63 bits per heavy atom. The second-order valence-corrected chi connectivity index (χ2v) is 4.33. The molecule has 19 heavy (non-hydrogen) atoms. The summed E-state index contributed by atoms with van der Waals surface area (Å²) in [5.74, 6) is 4.94. The summed E-state index contributed by atoms with van der Waals surface area (Å²) in [6.07, 6.45) is 4.87.